The number of hydrogen-bond donors (Lipinski definition) is 2. The smallest absolute Gasteiger partial charge is 0.241 e. The first-order valence-electron chi connectivity index (χ1n) is 5.69. The zero-order chi connectivity index (χ0) is 13.9. The van der Waals surface area contributed by atoms with Gasteiger partial charge >= 0.3 is 0 Å². The van der Waals surface area contributed by atoms with Crippen LogP contribution in [0.5, 0.6) is 0 Å². The Hall–Kier alpha value is -0.620. The van der Waals surface area contributed by atoms with Crippen molar-refractivity contribution in [3.8, 4) is 0 Å². The number of nitrogens with one attached hydrogen (secondary N) is 1. The van der Waals surface area contributed by atoms with Gasteiger partial charge in [0.05, 0.1) is 11.0 Å². The number of sulfonamides is 1. The Kier molecular flexibility index (Phi) is 5.16. The van der Waals surface area contributed by atoms with Gasteiger partial charge in [-0.25, -0.2) is 13.1 Å². The lowest BCUT2D eigenvalue weighted by molar-refractivity contribution is 0.175. The van der Waals surface area contributed by atoms with Gasteiger partial charge in [0.25, 0.3) is 0 Å². The first kappa shape index (κ1) is 15.4. The van der Waals surface area contributed by atoms with Crippen LogP contribution >= 0.6 is 11.6 Å². The Morgan fingerprint density at radius 1 is 1.39 bits per heavy atom. The average molecular weight is 292 g/mol. The molecule has 0 heterocycles. The second kappa shape index (κ2) is 6.02. The zero-order valence-electron chi connectivity index (χ0n) is 10.6. The standard InChI is InChI=1S/C12H18ClNO3S/c1-8(7-9(2)15)14-18(16,17)12-6-4-5-11(13)10(12)3/h4-6,8-9,14-15H,7H2,1-3H3. The molecule has 0 spiro atoms. The van der Waals surface area contributed by atoms with Crippen LogP contribution < -0.4 is 4.72 Å². The second-order valence-corrected chi connectivity index (χ2v) is 6.56. The summed E-state index contributed by atoms with van der Waals surface area (Å²) >= 11 is 5.91. The van der Waals surface area contributed by atoms with E-state index in [1.54, 1.807) is 32.9 Å². The largest absolute Gasteiger partial charge is 0.393 e. The summed E-state index contributed by atoms with van der Waals surface area (Å²) in [6.07, 6.45) is -0.193. The molecule has 2 N–H and O–H groups in total. The van der Waals surface area contributed by atoms with Crippen LogP contribution in [-0.4, -0.2) is 25.7 Å². The van der Waals surface area contributed by atoms with Gasteiger partial charge in [-0.05, 0) is 44.9 Å². The van der Waals surface area contributed by atoms with Crippen LogP contribution in [0, 0.1) is 6.92 Å². The third kappa shape index (κ3) is 3.95. The lowest BCUT2D eigenvalue weighted by Crippen LogP contribution is -2.35. The number of aliphatic hydroxyl groups excluding tert-OH is 1. The Morgan fingerprint density at radius 2 is 2.00 bits per heavy atom. The van der Waals surface area contributed by atoms with Crippen LogP contribution in [0.25, 0.3) is 0 Å². The van der Waals surface area contributed by atoms with E-state index in [0.29, 0.717) is 17.0 Å². The summed E-state index contributed by atoms with van der Waals surface area (Å²) in [5, 5.41) is 9.65. The van der Waals surface area contributed by atoms with E-state index < -0.39 is 16.1 Å². The van der Waals surface area contributed by atoms with Crippen molar-refractivity contribution >= 4 is 21.6 Å². The van der Waals surface area contributed by atoms with Crippen LogP contribution in [0.1, 0.15) is 25.8 Å². The first-order chi connectivity index (χ1) is 8.24. The Morgan fingerprint density at radius 3 is 2.56 bits per heavy atom. The van der Waals surface area contributed by atoms with Gasteiger partial charge in [0.15, 0.2) is 0 Å². The van der Waals surface area contributed by atoms with E-state index in [2.05, 4.69) is 4.72 Å². The predicted molar refractivity (Wildman–Crippen MR) is 72.3 cm³/mol. The van der Waals surface area contributed by atoms with Crippen molar-refractivity contribution in [2.75, 3.05) is 0 Å². The van der Waals surface area contributed by atoms with Gasteiger partial charge in [0.2, 0.25) is 10.0 Å². The van der Waals surface area contributed by atoms with E-state index >= 15 is 0 Å². The maximum atomic E-state index is 12.1. The molecular formula is C12H18ClNO3S. The van der Waals surface area contributed by atoms with E-state index in [1.807, 2.05) is 0 Å². The molecule has 1 rings (SSSR count). The van der Waals surface area contributed by atoms with E-state index in [4.69, 9.17) is 11.6 Å². The second-order valence-electron chi connectivity index (χ2n) is 4.47. The van der Waals surface area contributed by atoms with Crippen molar-refractivity contribution in [2.24, 2.45) is 0 Å². The molecule has 0 aliphatic carbocycles. The Bertz CT molecular complexity index is 514. The molecule has 18 heavy (non-hydrogen) atoms. The van der Waals surface area contributed by atoms with Crippen LogP contribution in [0.2, 0.25) is 5.02 Å². The molecule has 0 fully saturated rings. The maximum absolute atomic E-state index is 12.1. The van der Waals surface area contributed by atoms with Crippen molar-refractivity contribution in [3.05, 3.63) is 28.8 Å². The predicted octanol–water partition coefficient (Wildman–Crippen LogP) is 2.09. The lowest BCUT2D eigenvalue weighted by Gasteiger charge is -2.17. The fourth-order valence-electron chi connectivity index (χ4n) is 1.77. The molecular weight excluding hydrogens is 274 g/mol. The monoisotopic (exact) mass is 291 g/mol. The molecule has 0 amide bonds. The van der Waals surface area contributed by atoms with Gasteiger partial charge in [0.1, 0.15) is 0 Å². The minimum Gasteiger partial charge on any atom is -0.393 e. The molecule has 2 atom stereocenters. The summed E-state index contributed by atoms with van der Waals surface area (Å²) < 4.78 is 26.8. The number of rotatable bonds is 5. The summed E-state index contributed by atoms with van der Waals surface area (Å²) in [7, 11) is -3.60. The molecule has 0 aromatic heterocycles. The highest BCUT2D eigenvalue weighted by atomic mass is 35.5. The summed E-state index contributed by atoms with van der Waals surface area (Å²) in [6, 6.07) is 4.42. The van der Waals surface area contributed by atoms with Gasteiger partial charge in [-0.1, -0.05) is 17.7 Å². The van der Waals surface area contributed by atoms with Crippen molar-refractivity contribution < 1.29 is 13.5 Å². The highest BCUT2D eigenvalue weighted by molar-refractivity contribution is 7.89. The van der Waals surface area contributed by atoms with E-state index in [9.17, 15) is 13.5 Å². The Labute approximate surface area is 113 Å². The average Bonchev–Trinajstić information content (AvgIpc) is 2.19. The molecule has 4 nitrogen and oxygen atoms in total. The molecule has 0 saturated carbocycles. The van der Waals surface area contributed by atoms with E-state index in [-0.39, 0.29) is 10.9 Å². The van der Waals surface area contributed by atoms with Gasteiger partial charge in [0, 0.05) is 11.1 Å². The fraction of sp³-hybridized carbons (Fsp3) is 0.500. The number of benzene rings is 1. The third-order valence-corrected chi connectivity index (χ3v) is 4.70. The van der Waals surface area contributed by atoms with Crippen LogP contribution in [0.3, 0.4) is 0 Å². The molecule has 6 heteroatoms. The molecule has 0 aliphatic heterocycles. The number of aliphatic hydroxyl groups is 1. The normalized spacial score (nSPS) is 15.4. The molecule has 1 aromatic carbocycles. The quantitative estimate of drug-likeness (QED) is 0.873. The molecule has 102 valence electrons. The number of hydrogen-bond acceptors (Lipinski definition) is 3. The first-order valence-corrected chi connectivity index (χ1v) is 7.55. The summed E-state index contributed by atoms with van der Waals surface area (Å²) in [4.78, 5) is 0.174. The molecule has 0 radical (unpaired) electrons. The molecule has 0 saturated heterocycles. The minimum atomic E-state index is -3.60. The number of halogens is 1. The summed E-state index contributed by atoms with van der Waals surface area (Å²) in [5.41, 5.74) is 0.524. The SMILES string of the molecule is Cc1c(Cl)cccc1S(=O)(=O)NC(C)CC(C)O. The van der Waals surface area contributed by atoms with Crippen molar-refractivity contribution in [3.63, 3.8) is 0 Å². The molecule has 0 aliphatic rings. The Balaban J connectivity index is 2.97. The highest BCUT2D eigenvalue weighted by Gasteiger charge is 2.21. The van der Waals surface area contributed by atoms with Gasteiger partial charge in [-0.15, -0.1) is 0 Å². The molecule has 2 unspecified atom stereocenters. The summed E-state index contributed by atoms with van der Waals surface area (Å²) in [5.74, 6) is 0. The van der Waals surface area contributed by atoms with Gasteiger partial charge in [-0.2, -0.15) is 0 Å². The van der Waals surface area contributed by atoms with Crippen molar-refractivity contribution in [2.45, 2.75) is 44.2 Å². The van der Waals surface area contributed by atoms with Gasteiger partial charge in [-0.3, -0.25) is 0 Å². The zero-order valence-corrected chi connectivity index (χ0v) is 12.2. The third-order valence-electron chi connectivity index (χ3n) is 2.56. The topological polar surface area (TPSA) is 66.4 Å². The molecule has 0 bridgehead atoms. The highest BCUT2D eigenvalue weighted by Crippen LogP contribution is 2.22. The van der Waals surface area contributed by atoms with E-state index in [1.165, 1.54) is 6.07 Å². The molecule has 1 aromatic rings. The summed E-state index contributed by atoms with van der Waals surface area (Å²) in [6.45, 7) is 5.00. The van der Waals surface area contributed by atoms with Crippen LogP contribution in [0.15, 0.2) is 23.1 Å². The van der Waals surface area contributed by atoms with Crippen molar-refractivity contribution in [1.82, 2.24) is 4.72 Å². The van der Waals surface area contributed by atoms with Gasteiger partial charge < -0.3 is 5.11 Å². The fourth-order valence-corrected chi connectivity index (χ4v) is 3.52. The maximum Gasteiger partial charge on any atom is 0.241 e. The van der Waals surface area contributed by atoms with Crippen LogP contribution in [0.4, 0.5) is 0 Å². The van der Waals surface area contributed by atoms with E-state index in [0.717, 1.165) is 0 Å². The lowest BCUT2D eigenvalue weighted by atomic mass is 10.2. The minimum absolute atomic E-state index is 0.174. The van der Waals surface area contributed by atoms with Crippen LogP contribution in [-0.2, 0) is 10.0 Å². The van der Waals surface area contributed by atoms with Crippen molar-refractivity contribution in [1.29, 1.82) is 0 Å².